The van der Waals surface area contributed by atoms with E-state index in [0.29, 0.717) is 6.20 Å². The van der Waals surface area contributed by atoms with Gasteiger partial charge in [-0.05, 0) is 13.8 Å². The van der Waals surface area contributed by atoms with E-state index in [4.69, 9.17) is 18.3 Å². The van der Waals surface area contributed by atoms with Crippen LogP contribution in [0.3, 0.4) is 0 Å². The summed E-state index contributed by atoms with van der Waals surface area (Å²) in [5, 5.41) is 0. The molecule has 0 amide bonds. The Morgan fingerprint density at radius 1 is 1.41 bits per heavy atom. The van der Waals surface area contributed by atoms with Gasteiger partial charge in [-0.2, -0.15) is 4.39 Å². The molecule has 1 N–H and O–H groups in total. The first kappa shape index (κ1) is 20.2. The predicted octanol–water partition coefficient (Wildman–Crippen LogP) is 1.49. The SMILES string of the molecule is CC(C)OP1(=O)OC[C@@]2(C(F)F)O[C@@H](n3cc(F)c(=O)[nH]c3=O)[C@H](F)[C@@H]2O1. The maximum atomic E-state index is 14.9. The number of hydrogen-bond acceptors (Lipinski definition) is 7. The third kappa shape index (κ3) is 3.38. The number of hydrogen-bond donors (Lipinski definition) is 1. The Balaban J connectivity index is 2.01. The van der Waals surface area contributed by atoms with Gasteiger partial charge in [0.2, 0.25) is 5.82 Å². The number of H-pyrrole nitrogens is 1. The summed E-state index contributed by atoms with van der Waals surface area (Å²) in [6, 6.07) is 0. The number of rotatable bonds is 4. The van der Waals surface area contributed by atoms with Gasteiger partial charge in [-0.3, -0.25) is 27.9 Å². The summed E-state index contributed by atoms with van der Waals surface area (Å²) >= 11 is 0. The number of phosphoric acid groups is 1. The minimum atomic E-state index is -4.38. The van der Waals surface area contributed by atoms with Crippen LogP contribution < -0.4 is 11.2 Å². The number of halogens is 4. The third-order valence-corrected chi connectivity index (χ3v) is 5.59. The molecule has 3 rings (SSSR count). The molecule has 0 aromatic carbocycles. The van der Waals surface area contributed by atoms with Gasteiger partial charge < -0.3 is 4.74 Å². The van der Waals surface area contributed by atoms with Gasteiger partial charge in [-0.25, -0.2) is 22.5 Å². The van der Waals surface area contributed by atoms with Crippen molar-refractivity contribution in [2.24, 2.45) is 0 Å². The maximum Gasteiger partial charge on any atom is 0.475 e. The van der Waals surface area contributed by atoms with Crippen LogP contribution in [-0.2, 0) is 22.9 Å². The molecule has 2 aliphatic heterocycles. The molecule has 152 valence electrons. The summed E-state index contributed by atoms with van der Waals surface area (Å²) in [6.45, 7) is 1.87. The minimum absolute atomic E-state index is 0.265. The molecule has 0 radical (unpaired) electrons. The van der Waals surface area contributed by atoms with E-state index < -0.39 is 68.1 Å². The molecule has 5 atom stereocenters. The molecule has 27 heavy (non-hydrogen) atoms. The van der Waals surface area contributed by atoms with E-state index in [1.165, 1.54) is 13.8 Å². The zero-order valence-corrected chi connectivity index (χ0v) is 14.8. The van der Waals surface area contributed by atoms with E-state index in [1.807, 2.05) is 0 Å². The van der Waals surface area contributed by atoms with E-state index in [-0.39, 0.29) is 4.57 Å². The van der Waals surface area contributed by atoms with Crippen molar-refractivity contribution in [1.82, 2.24) is 9.55 Å². The van der Waals surface area contributed by atoms with E-state index in [0.717, 1.165) is 0 Å². The molecule has 1 unspecified atom stereocenters. The Morgan fingerprint density at radius 3 is 2.67 bits per heavy atom. The van der Waals surface area contributed by atoms with Gasteiger partial charge in [-0.15, -0.1) is 0 Å². The average Bonchev–Trinajstić information content (AvgIpc) is 2.84. The lowest BCUT2D eigenvalue weighted by Crippen LogP contribution is -2.55. The lowest BCUT2D eigenvalue weighted by Gasteiger charge is -2.39. The van der Waals surface area contributed by atoms with Gasteiger partial charge in [0.15, 0.2) is 18.0 Å². The minimum Gasteiger partial charge on any atom is -0.337 e. The second-order valence-electron chi connectivity index (χ2n) is 6.25. The van der Waals surface area contributed by atoms with Crippen molar-refractivity contribution in [3.8, 4) is 0 Å². The van der Waals surface area contributed by atoms with E-state index in [1.54, 1.807) is 4.98 Å². The molecule has 1 aromatic heterocycles. The van der Waals surface area contributed by atoms with Gasteiger partial charge in [0.05, 0.1) is 18.9 Å². The molecular weight excluding hydrogens is 403 g/mol. The van der Waals surface area contributed by atoms with Crippen molar-refractivity contribution in [3.05, 3.63) is 32.9 Å². The molecule has 9 nitrogen and oxygen atoms in total. The largest absolute Gasteiger partial charge is 0.475 e. The molecule has 0 aliphatic carbocycles. The number of fused-ring (bicyclic) bond motifs is 1. The van der Waals surface area contributed by atoms with E-state index in [2.05, 4.69) is 0 Å². The zero-order chi connectivity index (χ0) is 20.1. The monoisotopic (exact) mass is 418 g/mol. The first-order valence-electron chi connectivity index (χ1n) is 7.71. The van der Waals surface area contributed by atoms with Crippen LogP contribution in [0.5, 0.6) is 0 Å². The molecule has 1 aromatic rings. The highest BCUT2D eigenvalue weighted by Crippen LogP contribution is 2.61. The molecule has 14 heteroatoms. The lowest BCUT2D eigenvalue weighted by molar-refractivity contribution is -0.208. The number of aromatic nitrogens is 2. The Kier molecular flexibility index (Phi) is 5.10. The van der Waals surface area contributed by atoms with E-state index in [9.17, 15) is 31.7 Å². The molecular formula is C13H15F4N2O7P. The van der Waals surface area contributed by atoms with Crippen molar-refractivity contribution in [1.29, 1.82) is 0 Å². The van der Waals surface area contributed by atoms with Gasteiger partial charge in [-0.1, -0.05) is 0 Å². The van der Waals surface area contributed by atoms with Crippen LogP contribution in [0.25, 0.3) is 0 Å². The summed E-state index contributed by atoms with van der Waals surface area (Å²) in [5.41, 5.74) is -5.38. The van der Waals surface area contributed by atoms with Gasteiger partial charge in [0, 0.05) is 0 Å². The van der Waals surface area contributed by atoms with Crippen LogP contribution in [0.1, 0.15) is 20.1 Å². The summed E-state index contributed by atoms with van der Waals surface area (Å²) in [4.78, 5) is 24.5. The quantitative estimate of drug-likeness (QED) is 0.583. The van der Waals surface area contributed by atoms with Crippen LogP contribution in [0.15, 0.2) is 15.8 Å². The summed E-state index contributed by atoms with van der Waals surface area (Å²) in [5.74, 6) is -1.46. The highest BCUT2D eigenvalue weighted by molar-refractivity contribution is 7.48. The Labute approximate surface area is 148 Å². The van der Waals surface area contributed by atoms with Gasteiger partial charge >= 0.3 is 13.5 Å². The third-order valence-electron chi connectivity index (χ3n) is 3.98. The number of aromatic amines is 1. The van der Waals surface area contributed by atoms with Crippen LogP contribution in [-0.4, -0.2) is 46.6 Å². The molecule has 0 spiro atoms. The Bertz CT molecular complexity index is 890. The van der Waals surface area contributed by atoms with Crippen molar-refractivity contribution < 1.29 is 40.4 Å². The van der Waals surface area contributed by atoms with Crippen LogP contribution in [0.2, 0.25) is 0 Å². The number of ether oxygens (including phenoxy) is 1. The van der Waals surface area contributed by atoms with Crippen molar-refractivity contribution in [2.45, 2.75) is 50.5 Å². The van der Waals surface area contributed by atoms with Crippen LogP contribution in [0.4, 0.5) is 17.6 Å². The zero-order valence-electron chi connectivity index (χ0n) is 13.9. The number of alkyl halides is 3. The Morgan fingerprint density at radius 2 is 2.07 bits per heavy atom. The molecule has 2 fully saturated rings. The van der Waals surface area contributed by atoms with Crippen molar-refractivity contribution in [3.63, 3.8) is 0 Å². The number of nitrogens with zero attached hydrogens (tertiary/aromatic N) is 1. The van der Waals surface area contributed by atoms with Gasteiger partial charge in [0.25, 0.3) is 12.0 Å². The summed E-state index contributed by atoms with van der Waals surface area (Å²) < 4.78 is 88.0. The van der Waals surface area contributed by atoms with Gasteiger partial charge in [0.1, 0.15) is 6.10 Å². The Hall–Kier alpha value is -1.53. The molecule has 2 saturated heterocycles. The number of phosphoric ester groups is 1. The highest BCUT2D eigenvalue weighted by Gasteiger charge is 2.68. The molecule has 0 bridgehead atoms. The second-order valence-corrected chi connectivity index (χ2v) is 7.83. The predicted molar refractivity (Wildman–Crippen MR) is 79.7 cm³/mol. The fraction of sp³-hybridized carbons (Fsp3) is 0.692. The standard InChI is InChI=1S/C13H15F4N2O7P/c1-5(2)25-27(22)23-4-13(11(16)17)8(26-27)7(15)10(24-13)19-3-6(14)9(20)18-12(19)21/h3,5,7-8,10-11H,4H2,1-2H3,(H,18,20,21)/t7-,8+,10-,13-,27?/m1/s1. The van der Waals surface area contributed by atoms with E-state index >= 15 is 0 Å². The van der Waals surface area contributed by atoms with Crippen LogP contribution in [0, 0.1) is 5.82 Å². The molecule has 2 aliphatic rings. The first-order valence-corrected chi connectivity index (χ1v) is 9.17. The topological polar surface area (TPSA) is 109 Å². The smallest absolute Gasteiger partial charge is 0.337 e. The normalized spacial score (nSPS) is 36.4. The summed E-state index contributed by atoms with van der Waals surface area (Å²) in [7, 11) is -4.38. The second kappa shape index (κ2) is 6.82. The maximum absolute atomic E-state index is 14.9. The molecule has 3 heterocycles. The lowest BCUT2D eigenvalue weighted by atomic mass is 9.97. The average molecular weight is 418 g/mol. The van der Waals surface area contributed by atoms with Crippen molar-refractivity contribution >= 4 is 7.82 Å². The first-order chi connectivity index (χ1) is 12.5. The van der Waals surface area contributed by atoms with Crippen molar-refractivity contribution in [2.75, 3.05) is 6.61 Å². The molecule has 0 saturated carbocycles. The fourth-order valence-electron chi connectivity index (χ4n) is 2.80. The number of nitrogens with one attached hydrogen (secondary N) is 1. The summed E-state index contributed by atoms with van der Waals surface area (Å²) in [6.07, 6.45) is -10.4. The van der Waals surface area contributed by atoms with Crippen LogP contribution >= 0.6 is 7.82 Å². The highest BCUT2D eigenvalue weighted by atomic mass is 31.2. The fourth-order valence-corrected chi connectivity index (χ4v) is 4.42.